The molecule has 1 aliphatic carbocycles. The number of hydrogen-bond acceptors (Lipinski definition) is 3. The first kappa shape index (κ1) is 13.1. The van der Waals surface area contributed by atoms with E-state index in [1.165, 1.54) is 28.2 Å². The number of hydrogen-bond donors (Lipinski definition) is 2. The van der Waals surface area contributed by atoms with Gasteiger partial charge in [-0.2, -0.15) is 0 Å². The molecular formula is C13H17NO3S. The van der Waals surface area contributed by atoms with Crippen LogP contribution in [0.15, 0.2) is 6.07 Å². The lowest BCUT2D eigenvalue weighted by molar-refractivity contribution is -0.146. The van der Waals surface area contributed by atoms with Crippen LogP contribution in [0.4, 0.5) is 0 Å². The molecule has 0 spiro atoms. The van der Waals surface area contributed by atoms with Gasteiger partial charge in [-0.15, -0.1) is 11.3 Å². The third-order valence-corrected chi connectivity index (χ3v) is 4.48. The summed E-state index contributed by atoms with van der Waals surface area (Å²) >= 11 is 1.53. The Labute approximate surface area is 110 Å². The zero-order valence-corrected chi connectivity index (χ0v) is 11.4. The Balaban J connectivity index is 1.98. The van der Waals surface area contributed by atoms with Gasteiger partial charge in [0.15, 0.2) is 0 Å². The van der Waals surface area contributed by atoms with Gasteiger partial charge >= 0.3 is 5.97 Å². The quantitative estimate of drug-likeness (QED) is 0.877. The predicted octanol–water partition coefficient (Wildman–Crippen LogP) is 2.08. The fourth-order valence-electron chi connectivity index (χ4n) is 1.90. The molecule has 0 bridgehead atoms. The maximum Gasteiger partial charge on any atom is 0.310 e. The third-order valence-electron chi connectivity index (χ3n) is 3.24. The van der Waals surface area contributed by atoms with Crippen molar-refractivity contribution in [2.24, 2.45) is 5.41 Å². The van der Waals surface area contributed by atoms with Crippen molar-refractivity contribution < 1.29 is 14.7 Å². The van der Waals surface area contributed by atoms with Crippen LogP contribution < -0.4 is 5.32 Å². The second-order valence-corrected chi connectivity index (χ2v) is 6.42. The highest BCUT2D eigenvalue weighted by Crippen LogP contribution is 2.30. The second-order valence-electron chi connectivity index (χ2n) is 5.28. The average molecular weight is 267 g/mol. The minimum absolute atomic E-state index is 0.143. The number of amides is 1. The largest absolute Gasteiger partial charge is 0.481 e. The SMILES string of the molecule is CC(C)(CNC(=O)c1cc2c(s1)CCC2)C(=O)O. The zero-order valence-electron chi connectivity index (χ0n) is 10.6. The van der Waals surface area contributed by atoms with E-state index in [0.29, 0.717) is 4.88 Å². The normalized spacial score (nSPS) is 14.3. The van der Waals surface area contributed by atoms with Gasteiger partial charge < -0.3 is 10.4 Å². The van der Waals surface area contributed by atoms with Gasteiger partial charge in [0.25, 0.3) is 5.91 Å². The van der Waals surface area contributed by atoms with Crippen LogP contribution in [0, 0.1) is 5.41 Å². The van der Waals surface area contributed by atoms with E-state index in [9.17, 15) is 9.59 Å². The average Bonchev–Trinajstić information content (AvgIpc) is 2.85. The Morgan fingerprint density at radius 2 is 2.17 bits per heavy atom. The Morgan fingerprint density at radius 3 is 2.78 bits per heavy atom. The lowest BCUT2D eigenvalue weighted by Gasteiger charge is -2.19. The molecule has 2 rings (SSSR count). The van der Waals surface area contributed by atoms with Crippen molar-refractivity contribution in [3.05, 3.63) is 21.4 Å². The number of rotatable bonds is 4. The number of fused-ring (bicyclic) bond motifs is 1. The van der Waals surface area contributed by atoms with Gasteiger partial charge in [0.2, 0.25) is 0 Å². The van der Waals surface area contributed by atoms with Gasteiger partial charge in [-0.25, -0.2) is 0 Å². The van der Waals surface area contributed by atoms with E-state index < -0.39 is 11.4 Å². The topological polar surface area (TPSA) is 66.4 Å². The summed E-state index contributed by atoms with van der Waals surface area (Å²) in [6, 6.07) is 1.94. The van der Waals surface area contributed by atoms with E-state index in [0.717, 1.165) is 12.8 Å². The molecule has 0 fully saturated rings. The van der Waals surface area contributed by atoms with Crippen molar-refractivity contribution >= 4 is 23.2 Å². The molecule has 2 N–H and O–H groups in total. The van der Waals surface area contributed by atoms with Crippen LogP contribution in [0.2, 0.25) is 0 Å². The summed E-state index contributed by atoms with van der Waals surface area (Å²) in [6.07, 6.45) is 3.29. The van der Waals surface area contributed by atoms with Crippen LogP contribution in [-0.2, 0) is 17.6 Å². The molecule has 1 aromatic rings. The van der Waals surface area contributed by atoms with E-state index in [2.05, 4.69) is 5.32 Å². The fraction of sp³-hybridized carbons (Fsp3) is 0.538. The van der Waals surface area contributed by atoms with Crippen LogP contribution in [0.3, 0.4) is 0 Å². The minimum atomic E-state index is -0.935. The zero-order chi connectivity index (χ0) is 13.3. The molecule has 0 atom stereocenters. The van der Waals surface area contributed by atoms with Crippen LogP contribution in [0.25, 0.3) is 0 Å². The maximum atomic E-state index is 11.9. The number of thiophene rings is 1. The number of carboxylic acids is 1. The molecule has 0 radical (unpaired) electrons. The summed E-state index contributed by atoms with van der Waals surface area (Å²) in [4.78, 5) is 24.9. The molecule has 1 heterocycles. The molecule has 0 saturated heterocycles. The van der Waals surface area contributed by atoms with Crippen LogP contribution in [0.5, 0.6) is 0 Å². The molecule has 0 unspecified atom stereocenters. The van der Waals surface area contributed by atoms with Gasteiger partial charge in [0, 0.05) is 11.4 Å². The summed E-state index contributed by atoms with van der Waals surface area (Å²) in [7, 11) is 0. The molecule has 4 nitrogen and oxygen atoms in total. The fourth-order valence-corrected chi connectivity index (χ4v) is 3.07. The molecule has 1 aliphatic rings. The van der Waals surface area contributed by atoms with Gasteiger partial charge in [-0.1, -0.05) is 0 Å². The van der Waals surface area contributed by atoms with Crippen LogP contribution in [0.1, 0.15) is 40.4 Å². The molecule has 0 aromatic carbocycles. The number of aryl methyl sites for hydroxylation is 2. The molecule has 1 aromatic heterocycles. The number of carboxylic acid groups (broad SMARTS) is 1. The smallest absolute Gasteiger partial charge is 0.310 e. The van der Waals surface area contributed by atoms with E-state index in [4.69, 9.17) is 5.11 Å². The van der Waals surface area contributed by atoms with Crippen molar-refractivity contribution in [2.75, 3.05) is 6.54 Å². The van der Waals surface area contributed by atoms with E-state index in [1.807, 2.05) is 6.07 Å². The molecule has 98 valence electrons. The first-order chi connectivity index (χ1) is 8.40. The Morgan fingerprint density at radius 1 is 1.44 bits per heavy atom. The van der Waals surface area contributed by atoms with Crippen molar-refractivity contribution in [3.8, 4) is 0 Å². The van der Waals surface area contributed by atoms with Gasteiger partial charge in [-0.05, 0) is 44.7 Å². The lowest BCUT2D eigenvalue weighted by Crippen LogP contribution is -2.38. The van der Waals surface area contributed by atoms with Crippen molar-refractivity contribution in [1.82, 2.24) is 5.32 Å². The number of carbonyl (C=O) groups is 2. The van der Waals surface area contributed by atoms with Gasteiger partial charge in [-0.3, -0.25) is 9.59 Å². The summed E-state index contributed by atoms with van der Waals surface area (Å²) in [5, 5.41) is 11.7. The van der Waals surface area contributed by atoms with Crippen molar-refractivity contribution in [1.29, 1.82) is 0 Å². The number of carbonyl (C=O) groups excluding carboxylic acids is 1. The molecule has 0 saturated carbocycles. The molecule has 5 heteroatoms. The van der Waals surface area contributed by atoms with Gasteiger partial charge in [0.05, 0.1) is 10.3 Å². The van der Waals surface area contributed by atoms with E-state index in [-0.39, 0.29) is 12.5 Å². The second kappa shape index (κ2) is 4.72. The summed E-state index contributed by atoms with van der Waals surface area (Å²) in [5.41, 5.74) is 0.345. The molecular weight excluding hydrogens is 250 g/mol. The number of nitrogens with one attached hydrogen (secondary N) is 1. The Kier molecular flexibility index (Phi) is 3.43. The van der Waals surface area contributed by atoms with E-state index in [1.54, 1.807) is 13.8 Å². The highest BCUT2D eigenvalue weighted by atomic mass is 32.1. The lowest BCUT2D eigenvalue weighted by atomic mass is 9.94. The molecule has 1 amide bonds. The third kappa shape index (κ3) is 2.56. The molecule has 18 heavy (non-hydrogen) atoms. The number of aliphatic carboxylic acids is 1. The monoisotopic (exact) mass is 267 g/mol. The van der Waals surface area contributed by atoms with Crippen LogP contribution >= 0.6 is 11.3 Å². The highest BCUT2D eigenvalue weighted by Gasteiger charge is 2.28. The van der Waals surface area contributed by atoms with Crippen molar-refractivity contribution in [3.63, 3.8) is 0 Å². The van der Waals surface area contributed by atoms with Crippen molar-refractivity contribution in [2.45, 2.75) is 33.1 Å². The summed E-state index contributed by atoms with van der Waals surface area (Å²) in [5.74, 6) is -1.07. The summed E-state index contributed by atoms with van der Waals surface area (Å²) < 4.78 is 0. The Bertz CT molecular complexity index is 469. The molecule has 0 aliphatic heterocycles. The van der Waals surface area contributed by atoms with Crippen LogP contribution in [-0.4, -0.2) is 23.5 Å². The standard InChI is InChI=1S/C13H17NO3S/c1-13(2,12(16)17)7-14-11(15)10-6-8-4-3-5-9(8)18-10/h6H,3-5,7H2,1-2H3,(H,14,15)(H,16,17). The first-order valence-corrected chi connectivity index (χ1v) is 6.85. The van der Waals surface area contributed by atoms with E-state index >= 15 is 0 Å². The minimum Gasteiger partial charge on any atom is -0.481 e. The maximum absolute atomic E-state index is 11.9. The highest BCUT2D eigenvalue weighted by molar-refractivity contribution is 7.14. The van der Waals surface area contributed by atoms with Gasteiger partial charge in [0.1, 0.15) is 0 Å². The first-order valence-electron chi connectivity index (χ1n) is 6.03. The Hall–Kier alpha value is -1.36. The summed E-state index contributed by atoms with van der Waals surface area (Å²) in [6.45, 7) is 3.35. The predicted molar refractivity (Wildman–Crippen MR) is 70.1 cm³/mol.